The number of ether oxygens (including phenoxy) is 2. The molecule has 0 unspecified atom stereocenters. The summed E-state index contributed by atoms with van der Waals surface area (Å²) < 4.78 is 11.3. The number of aromatic nitrogens is 1. The van der Waals surface area contributed by atoms with Crippen LogP contribution in [0.25, 0.3) is 0 Å². The van der Waals surface area contributed by atoms with E-state index in [0.717, 1.165) is 44.0 Å². The van der Waals surface area contributed by atoms with Crippen LogP contribution in [0, 0.1) is 0 Å². The highest BCUT2D eigenvalue weighted by atomic mass is 16.5. The van der Waals surface area contributed by atoms with Crippen molar-refractivity contribution >= 4 is 11.8 Å². The van der Waals surface area contributed by atoms with Crippen LogP contribution in [0.3, 0.4) is 0 Å². The van der Waals surface area contributed by atoms with Crippen LogP contribution in [0.4, 0.5) is 5.82 Å². The van der Waals surface area contributed by atoms with Crippen molar-refractivity contribution in [1.29, 1.82) is 0 Å². The molecule has 2 heterocycles. The second kappa shape index (κ2) is 11.0. The fourth-order valence-electron chi connectivity index (χ4n) is 3.89. The molecule has 1 aliphatic rings. The Morgan fingerprint density at radius 3 is 2.33 bits per heavy atom. The number of piperazine rings is 1. The molecule has 0 N–H and O–H groups in total. The predicted octanol–water partition coefficient (Wildman–Crippen LogP) is 4.55. The number of rotatable bonds is 8. The number of hydrogen-bond donors (Lipinski definition) is 0. The summed E-state index contributed by atoms with van der Waals surface area (Å²) >= 11 is 0. The summed E-state index contributed by atoms with van der Waals surface area (Å²) in [6, 6.07) is 22.1. The Kier molecular flexibility index (Phi) is 7.58. The van der Waals surface area contributed by atoms with E-state index in [1.54, 1.807) is 18.3 Å². The molecule has 2 aromatic carbocycles. The van der Waals surface area contributed by atoms with Gasteiger partial charge in [-0.3, -0.25) is 4.90 Å². The lowest BCUT2D eigenvalue weighted by molar-refractivity contribution is 0.0378. The molecule has 0 bridgehead atoms. The standard InChI is InChI=1S/C27H31N3O3/c1-21(2)33-27(31)25-9-6-14-28-26(25)30-17-15-29(16-18-30)19-22-10-12-24(13-11-22)32-20-23-7-4-3-5-8-23/h3-14,21H,15-20H2,1-2H3. The number of carbonyl (C=O) groups excluding carboxylic acids is 1. The smallest absolute Gasteiger partial charge is 0.342 e. The quantitative estimate of drug-likeness (QED) is 0.474. The number of anilines is 1. The van der Waals surface area contributed by atoms with E-state index in [-0.39, 0.29) is 12.1 Å². The second-order valence-electron chi connectivity index (χ2n) is 8.51. The van der Waals surface area contributed by atoms with Crippen LogP contribution in [0.1, 0.15) is 35.3 Å². The van der Waals surface area contributed by atoms with Crippen molar-refractivity contribution < 1.29 is 14.3 Å². The van der Waals surface area contributed by atoms with Crippen LogP contribution in [0.2, 0.25) is 0 Å². The van der Waals surface area contributed by atoms with Gasteiger partial charge in [-0.15, -0.1) is 0 Å². The van der Waals surface area contributed by atoms with Crippen molar-refractivity contribution in [2.75, 3.05) is 31.1 Å². The molecule has 0 saturated carbocycles. The van der Waals surface area contributed by atoms with E-state index in [1.807, 2.05) is 44.2 Å². The predicted molar refractivity (Wildman–Crippen MR) is 129 cm³/mol. The molecule has 6 nitrogen and oxygen atoms in total. The first-order chi connectivity index (χ1) is 16.1. The number of hydrogen-bond acceptors (Lipinski definition) is 6. The summed E-state index contributed by atoms with van der Waals surface area (Å²) in [6.45, 7) is 8.61. The van der Waals surface area contributed by atoms with Crippen LogP contribution in [-0.4, -0.2) is 48.1 Å². The van der Waals surface area contributed by atoms with Crippen LogP contribution >= 0.6 is 0 Å². The van der Waals surface area contributed by atoms with E-state index in [9.17, 15) is 4.79 Å². The van der Waals surface area contributed by atoms with Gasteiger partial charge in [0.2, 0.25) is 0 Å². The van der Waals surface area contributed by atoms with E-state index >= 15 is 0 Å². The van der Waals surface area contributed by atoms with Crippen LogP contribution in [-0.2, 0) is 17.9 Å². The zero-order valence-corrected chi connectivity index (χ0v) is 19.3. The SMILES string of the molecule is CC(C)OC(=O)c1cccnc1N1CCN(Cc2ccc(OCc3ccccc3)cc2)CC1. The molecule has 1 fully saturated rings. The third-order valence-corrected chi connectivity index (χ3v) is 5.60. The number of pyridine rings is 1. The van der Waals surface area contributed by atoms with E-state index in [2.05, 4.69) is 39.0 Å². The van der Waals surface area contributed by atoms with Gasteiger partial charge in [-0.25, -0.2) is 9.78 Å². The lowest BCUT2D eigenvalue weighted by Crippen LogP contribution is -2.46. The Bertz CT molecular complexity index is 1030. The normalized spacial score (nSPS) is 14.3. The summed E-state index contributed by atoms with van der Waals surface area (Å²) in [6.07, 6.45) is 1.58. The first-order valence-corrected chi connectivity index (χ1v) is 11.5. The molecule has 0 aliphatic carbocycles. The second-order valence-corrected chi connectivity index (χ2v) is 8.51. The molecule has 1 saturated heterocycles. The summed E-state index contributed by atoms with van der Waals surface area (Å²) in [5.41, 5.74) is 2.95. The summed E-state index contributed by atoms with van der Waals surface area (Å²) in [5.74, 6) is 1.27. The summed E-state index contributed by atoms with van der Waals surface area (Å²) in [5, 5.41) is 0. The van der Waals surface area contributed by atoms with Gasteiger partial charge in [-0.2, -0.15) is 0 Å². The topological polar surface area (TPSA) is 54.9 Å². The average molecular weight is 446 g/mol. The van der Waals surface area contributed by atoms with Gasteiger partial charge in [0.05, 0.1) is 6.10 Å². The van der Waals surface area contributed by atoms with Crippen LogP contribution in [0.15, 0.2) is 72.9 Å². The van der Waals surface area contributed by atoms with Crippen molar-refractivity contribution in [3.05, 3.63) is 89.6 Å². The van der Waals surface area contributed by atoms with Crippen molar-refractivity contribution in [2.24, 2.45) is 0 Å². The highest BCUT2D eigenvalue weighted by Crippen LogP contribution is 2.22. The zero-order chi connectivity index (χ0) is 23.0. The van der Waals surface area contributed by atoms with E-state index in [0.29, 0.717) is 18.0 Å². The number of benzene rings is 2. The number of carbonyl (C=O) groups is 1. The number of nitrogens with zero attached hydrogens (tertiary/aromatic N) is 3. The van der Waals surface area contributed by atoms with E-state index in [1.165, 1.54) is 5.56 Å². The third-order valence-electron chi connectivity index (χ3n) is 5.60. The molecule has 3 aromatic rings. The van der Waals surface area contributed by atoms with Gasteiger partial charge in [0.1, 0.15) is 23.7 Å². The van der Waals surface area contributed by atoms with Crippen molar-refractivity contribution in [1.82, 2.24) is 9.88 Å². The molecule has 172 valence electrons. The fraction of sp³-hybridized carbons (Fsp3) is 0.333. The van der Waals surface area contributed by atoms with Gasteiger partial charge in [0, 0.05) is 38.9 Å². The van der Waals surface area contributed by atoms with Gasteiger partial charge in [-0.05, 0) is 49.2 Å². The Hall–Kier alpha value is -3.38. The molecule has 4 rings (SSSR count). The highest BCUT2D eigenvalue weighted by molar-refractivity contribution is 5.94. The third kappa shape index (κ3) is 6.33. The Balaban J connectivity index is 1.29. The van der Waals surface area contributed by atoms with Gasteiger partial charge < -0.3 is 14.4 Å². The molecule has 1 aliphatic heterocycles. The molecular formula is C27H31N3O3. The van der Waals surface area contributed by atoms with Crippen molar-refractivity contribution in [3.63, 3.8) is 0 Å². The van der Waals surface area contributed by atoms with Gasteiger partial charge in [0.15, 0.2) is 0 Å². The van der Waals surface area contributed by atoms with Crippen LogP contribution in [0.5, 0.6) is 5.75 Å². The first kappa shape index (κ1) is 22.8. The minimum absolute atomic E-state index is 0.155. The molecule has 0 amide bonds. The first-order valence-electron chi connectivity index (χ1n) is 11.5. The Labute approximate surface area is 195 Å². The largest absolute Gasteiger partial charge is 0.489 e. The fourth-order valence-corrected chi connectivity index (χ4v) is 3.89. The summed E-state index contributed by atoms with van der Waals surface area (Å²) in [4.78, 5) is 21.5. The molecule has 0 atom stereocenters. The Morgan fingerprint density at radius 2 is 1.64 bits per heavy atom. The molecule has 0 spiro atoms. The minimum Gasteiger partial charge on any atom is -0.489 e. The maximum absolute atomic E-state index is 12.5. The van der Waals surface area contributed by atoms with Crippen LogP contribution < -0.4 is 9.64 Å². The molecule has 33 heavy (non-hydrogen) atoms. The minimum atomic E-state index is -0.315. The van der Waals surface area contributed by atoms with Crippen molar-refractivity contribution in [3.8, 4) is 5.75 Å². The molecule has 0 radical (unpaired) electrons. The molecular weight excluding hydrogens is 414 g/mol. The highest BCUT2D eigenvalue weighted by Gasteiger charge is 2.23. The van der Waals surface area contributed by atoms with Gasteiger partial charge >= 0.3 is 5.97 Å². The lowest BCUT2D eigenvalue weighted by atomic mass is 10.1. The Morgan fingerprint density at radius 1 is 0.909 bits per heavy atom. The molecule has 1 aromatic heterocycles. The maximum atomic E-state index is 12.5. The molecule has 6 heteroatoms. The van der Waals surface area contributed by atoms with Gasteiger partial charge in [0.25, 0.3) is 0 Å². The monoisotopic (exact) mass is 445 g/mol. The maximum Gasteiger partial charge on any atom is 0.342 e. The number of esters is 1. The van der Waals surface area contributed by atoms with E-state index < -0.39 is 0 Å². The lowest BCUT2D eigenvalue weighted by Gasteiger charge is -2.36. The average Bonchev–Trinajstić information content (AvgIpc) is 2.84. The zero-order valence-electron chi connectivity index (χ0n) is 19.3. The van der Waals surface area contributed by atoms with Gasteiger partial charge in [-0.1, -0.05) is 42.5 Å². The van der Waals surface area contributed by atoms with E-state index in [4.69, 9.17) is 9.47 Å². The van der Waals surface area contributed by atoms with Crippen molar-refractivity contribution in [2.45, 2.75) is 33.1 Å². The summed E-state index contributed by atoms with van der Waals surface area (Å²) in [7, 11) is 0.